The molecule has 0 aliphatic carbocycles. The molecule has 0 spiro atoms. The molecule has 1 amide bonds. The van der Waals surface area contributed by atoms with Crippen molar-refractivity contribution in [3.05, 3.63) is 24.0 Å². The van der Waals surface area contributed by atoms with E-state index in [-0.39, 0.29) is 18.1 Å². The summed E-state index contributed by atoms with van der Waals surface area (Å²) in [5.74, 6) is -0.671. The Kier molecular flexibility index (Phi) is 4.79. The molecule has 2 rings (SSSR count). The Bertz CT molecular complexity index is 484. The van der Waals surface area contributed by atoms with E-state index in [1.54, 1.807) is 12.3 Å². The van der Waals surface area contributed by atoms with Crippen LogP contribution in [0.1, 0.15) is 23.3 Å². The number of nitrogens with one attached hydrogen (secondary N) is 1. The lowest BCUT2D eigenvalue weighted by atomic mass is 9.98. The van der Waals surface area contributed by atoms with Gasteiger partial charge in [-0.3, -0.25) is 4.79 Å². The summed E-state index contributed by atoms with van der Waals surface area (Å²) in [6.45, 7) is 2.84. The number of aromatic carboxylic acids is 1. The number of carboxylic acid groups (broad SMARTS) is 1. The second-order valence-corrected chi connectivity index (χ2v) is 5.40. The van der Waals surface area contributed by atoms with Gasteiger partial charge in [0, 0.05) is 19.3 Å². The first-order chi connectivity index (χ1) is 9.56. The number of carboxylic acids is 1. The lowest BCUT2D eigenvalue weighted by Crippen LogP contribution is -2.40. The van der Waals surface area contributed by atoms with Crippen LogP contribution < -0.4 is 5.32 Å². The summed E-state index contributed by atoms with van der Waals surface area (Å²) in [5.41, 5.74) is 0.137. The maximum Gasteiger partial charge on any atom is 0.352 e. The highest BCUT2D eigenvalue weighted by molar-refractivity contribution is 5.86. The zero-order valence-corrected chi connectivity index (χ0v) is 11.7. The third kappa shape index (κ3) is 3.84. The lowest BCUT2D eigenvalue weighted by molar-refractivity contribution is -0.121. The molecule has 110 valence electrons. The van der Waals surface area contributed by atoms with Crippen LogP contribution in [0, 0.1) is 5.92 Å². The maximum atomic E-state index is 11.9. The number of amides is 1. The number of likely N-dealkylation sites (tertiary alicyclic amines) is 1. The van der Waals surface area contributed by atoms with Gasteiger partial charge in [0.05, 0.1) is 0 Å². The Morgan fingerprint density at radius 3 is 3.00 bits per heavy atom. The molecule has 20 heavy (non-hydrogen) atoms. The number of piperidine rings is 1. The number of rotatable bonds is 5. The second kappa shape index (κ2) is 6.56. The lowest BCUT2D eigenvalue weighted by Gasteiger charge is -2.29. The van der Waals surface area contributed by atoms with E-state index >= 15 is 0 Å². The van der Waals surface area contributed by atoms with E-state index in [4.69, 9.17) is 5.11 Å². The van der Waals surface area contributed by atoms with Gasteiger partial charge in [-0.2, -0.15) is 0 Å². The summed E-state index contributed by atoms with van der Waals surface area (Å²) in [7, 11) is 2.09. The van der Waals surface area contributed by atoms with Crippen molar-refractivity contribution < 1.29 is 14.7 Å². The molecule has 2 heterocycles. The smallest absolute Gasteiger partial charge is 0.352 e. The van der Waals surface area contributed by atoms with Crippen LogP contribution in [0.2, 0.25) is 0 Å². The molecule has 1 aliphatic heterocycles. The minimum absolute atomic E-state index is 0.0528. The average Bonchev–Trinajstić information content (AvgIpc) is 2.85. The Balaban J connectivity index is 1.80. The Morgan fingerprint density at radius 2 is 2.30 bits per heavy atom. The van der Waals surface area contributed by atoms with Gasteiger partial charge in [-0.05, 0) is 44.5 Å². The van der Waals surface area contributed by atoms with Gasteiger partial charge in [0.2, 0.25) is 5.91 Å². The molecule has 1 atom stereocenters. The minimum Gasteiger partial charge on any atom is -0.477 e. The van der Waals surface area contributed by atoms with Gasteiger partial charge >= 0.3 is 5.97 Å². The molecule has 1 aromatic heterocycles. The minimum atomic E-state index is -1.02. The summed E-state index contributed by atoms with van der Waals surface area (Å²) in [5, 5.41) is 11.9. The Morgan fingerprint density at radius 1 is 1.50 bits per heavy atom. The fraction of sp³-hybridized carbons (Fsp3) is 0.571. The van der Waals surface area contributed by atoms with E-state index in [0.717, 1.165) is 25.9 Å². The third-order valence-corrected chi connectivity index (χ3v) is 3.67. The van der Waals surface area contributed by atoms with Crippen LogP contribution in [0.4, 0.5) is 0 Å². The Labute approximate surface area is 118 Å². The zero-order chi connectivity index (χ0) is 14.5. The molecule has 1 saturated heterocycles. The van der Waals surface area contributed by atoms with Gasteiger partial charge in [-0.15, -0.1) is 0 Å². The highest BCUT2D eigenvalue weighted by Gasteiger charge is 2.18. The van der Waals surface area contributed by atoms with E-state index in [2.05, 4.69) is 17.3 Å². The summed E-state index contributed by atoms with van der Waals surface area (Å²) in [4.78, 5) is 25.1. The zero-order valence-electron chi connectivity index (χ0n) is 11.7. The number of hydrogen-bond acceptors (Lipinski definition) is 3. The molecule has 2 N–H and O–H groups in total. The highest BCUT2D eigenvalue weighted by Crippen LogP contribution is 2.13. The average molecular weight is 279 g/mol. The molecule has 0 aromatic carbocycles. The van der Waals surface area contributed by atoms with Crippen LogP contribution in [0.15, 0.2) is 18.3 Å². The molecular formula is C14H21N3O3. The van der Waals surface area contributed by atoms with Crippen molar-refractivity contribution in [3.8, 4) is 0 Å². The number of hydrogen-bond donors (Lipinski definition) is 2. The summed E-state index contributed by atoms with van der Waals surface area (Å²) >= 11 is 0. The normalized spacial score (nSPS) is 19.8. The van der Waals surface area contributed by atoms with E-state index in [1.165, 1.54) is 10.6 Å². The largest absolute Gasteiger partial charge is 0.477 e. The van der Waals surface area contributed by atoms with Crippen LogP contribution in [-0.2, 0) is 11.3 Å². The van der Waals surface area contributed by atoms with Gasteiger partial charge in [-0.25, -0.2) is 4.79 Å². The molecule has 0 radical (unpaired) electrons. The van der Waals surface area contributed by atoms with Gasteiger partial charge in [0.1, 0.15) is 12.2 Å². The van der Waals surface area contributed by atoms with Crippen molar-refractivity contribution in [1.82, 2.24) is 14.8 Å². The van der Waals surface area contributed by atoms with Crippen molar-refractivity contribution in [1.29, 1.82) is 0 Å². The molecule has 6 nitrogen and oxygen atoms in total. The quantitative estimate of drug-likeness (QED) is 0.829. The van der Waals surface area contributed by atoms with E-state index in [9.17, 15) is 9.59 Å². The number of nitrogens with zero attached hydrogens (tertiary/aromatic N) is 2. The molecule has 6 heteroatoms. The first-order valence-electron chi connectivity index (χ1n) is 6.90. The predicted molar refractivity (Wildman–Crippen MR) is 74.6 cm³/mol. The summed E-state index contributed by atoms with van der Waals surface area (Å²) in [6.07, 6.45) is 3.91. The fourth-order valence-electron chi connectivity index (χ4n) is 2.65. The second-order valence-electron chi connectivity index (χ2n) is 5.40. The standard InChI is InChI=1S/C14H21N3O3/c1-16-6-2-4-11(9-16)8-15-13(18)10-17-7-3-5-12(17)14(19)20/h3,5,7,11H,2,4,6,8-10H2,1H3,(H,15,18)(H,19,20). The summed E-state index contributed by atoms with van der Waals surface area (Å²) < 4.78 is 1.45. The number of aromatic nitrogens is 1. The molecular weight excluding hydrogens is 258 g/mol. The molecule has 1 aromatic rings. The first kappa shape index (κ1) is 14.6. The van der Waals surface area contributed by atoms with Crippen molar-refractivity contribution in [2.75, 3.05) is 26.7 Å². The summed E-state index contributed by atoms with van der Waals surface area (Å²) in [6, 6.07) is 3.12. The maximum absolute atomic E-state index is 11.9. The topological polar surface area (TPSA) is 74.6 Å². The van der Waals surface area contributed by atoms with E-state index < -0.39 is 5.97 Å². The SMILES string of the molecule is CN1CCCC(CNC(=O)Cn2cccc2C(=O)O)C1. The first-order valence-corrected chi connectivity index (χ1v) is 6.90. The molecule has 0 bridgehead atoms. The Hall–Kier alpha value is -1.82. The van der Waals surface area contributed by atoms with Gasteiger partial charge in [0.25, 0.3) is 0 Å². The third-order valence-electron chi connectivity index (χ3n) is 3.67. The number of carbonyl (C=O) groups excluding carboxylic acids is 1. The molecule has 1 unspecified atom stereocenters. The van der Waals surface area contributed by atoms with Crippen molar-refractivity contribution >= 4 is 11.9 Å². The molecule has 1 fully saturated rings. The number of carbonyl (C=O) groups is 2. The van der Waals surface area contributed by atoms with Gasteiger partial charge < -0.3 is 19.9 Å². The van der Waals surface area contributed by atoms with Gasteiger partial charge in [0.15, 0.2) is 0 Å². The van der Waals surface area contributed by atoms with E-state index in [0.29, 0.717) is 12.5 Å². The van der Waals surface area contributed by atoms with Gasteiger partial charge in [-0.1, -0.05) is 0 Å². The molecule has 1 aliphatic rings. The van der Waals surface area contributed by atoms with Crippen molar-refractivity contribution in [2.24, 2.45) is 5.92 Å². The monoisotopic (exact) mass is 279 g/mol. The van der Waals surface area contributed by atoms with Crippen molar-refractivity contribution in [3.63, 3.8) is 0 Å². The predicted octanol–water partition coefficient (Wildman–Crippen LogP) is 0.644. The van der Waals surface area contributed by atoms with E-state index in [1.807, 2.05) is 0 Å². The fourth-order valence-corrected chi connectivity index (χ4v) is 2.65. The van der Waals surface area contributed by atoms with Crippen LogP contribution >= 0.6 is 0 Å². The molecule has 0 saturated carbocycles. The highest BCUT2D eigenvalue weighted by atomic mass is 16.4. The van der Waals surface area contributed by atoms with Crippen molar-refractivity contribution in [2.45, 2.75) is 19.4 Å². The van der Waals surface area contributed by atoms with Crippen LogP contribution in [0.3, 0.4) is 0 Å². The van der Waals surface area contributed by atoms with Crippen LogP contribution in [-0.4, -0.2) is 53.1 Å². The van der Waals surface area contributed by atoms with Crippen LogP contribution in [0.25, 0.3) is 0 Å². The van der Waals surface area contributed by atoms with Crippen LogP contribution in [0.5, 0.6) is 0 Å².